The van der Waals surface area contributed by atoms with Gasteiger partial charge in [-0.25, -0.2) is 9.78 Å². The summed E-state index contributed by atoms with van der Waals surface area (Å²) in [5.74, 6) is 0.395. The molecule has 6 heteroatoms. The molecule has 0 bridgehead atoms. The molecule has 6 nitrogen and oxygen atoms in total. The van der Waals surface area contributed by atoms with Gasteiger partial charge in [0.2, 0.25) is 5.91 Å². The van der Waals surface area contributed by atoms with Gasteiger partial charge in [0.1, 0.15) is 12.4 Å². The number of hydrogen-bond acceptors (Lipinski definition) is 4. The molecule has 0 unspecified atom stereocenters. The summed E-state index contributed by atoms with van der Waals surface area (Å²) in [5, 5.41) is 5.33. The van der Waals surface area contributed by atoms with Crippen molar-refractivity contribution >= 4 is 17.8 Å². The van der Waals surface area contributed by atoms with E-state index >= 15 is 0 Å². The fraction of sp³-hybridized carbons (Fsp3) is 0.278. The Balaban J connectivity index is 1.57. The van der Waals surface area contributed by atoms with E-state index in [0.29, 0.717) is 25.2 Å². The standard InChI is InChI=1S/C18H21N3O3/c1-14-9-10-16(20-12-14)21-17(22)8-5-11-19-18(23)24-13-15-6-3-2-4-7-15/h2-4,6-7,9-10,12H,5,8,11,13H2,1H3,(H,19,23)(H,20,21,22). The van der Waals surface area contributed by atoms with Gasteiger partial charge >= 0.3 is 6.09 Å². The number of benzene rings is 1. The summed E-state index contributed by atoms with van der Waals surface area (Å²) in [6.45, 7) is 2.54. The van der Waals surface area contributed by atoms with Crippen LogP contribution in [0.3, 0.4) is 0 Å². The van der Waals surface area contributed by atoms with Gasteiger partial charge in [0.25, 0.3) is 0 Å². The molecule has 0 atom stereocenters. The van der Waals surface area contributed by atoms with Crippen LogP contribution in [0.2, 0.25) is 0 Å². The maximum Gasteiger partial charge on any atom is 0.407 e. The van der Waals surface area contributed by atoms with Crippen molar-refractivity contribution in [3.63, 3.8) is 0 Å². The Morgan fingerprint density at radius 2 is 1.92 bits per heavy atom. The normalized spacial score (nSPS) is 10.0. The zero-order valence-electron chi connectivity index (χ0n) is 13.6. The van der Waals surface area contributed by atoms with E-state index in [2.05, 4.69) is 15.6 Å². The molecule has 0 aliphatic heterocycles. The number of ether oxygens (including phenoxy) is 1. The predicted octanol–water partition coefficient (Wildman–Crippen LogP) is 3.04. The van der Waals surface area contributed by atoms with Crippen molar-refractivity contribution in [1.82, 2.24) is 10.3 Å². The molecule has 1 aromatic heterocycles. The van der Waals surface area contributed by atoms with Gasteiger partial charge in [-0.1, -0.05) is 36.4 Å². The van der Waals surface area contributed by atoms with E-state index in [1.54, 1.807) is 12.3 Å². The Labute approximate surface area is 141 Å². The number of alkyl carbamates (subject to hydrolysis) is 1. The molecule has 1 heterocycles. The molecular formula is C18H21N3O3. The third-order valence-corrected chi connectivity index (χ3v) is 3.24. The summed E-state index contributed by atoms with van der Waals surface area (Å²) in [6, 6.07) is 13.1. The Bertz CT molecular complexity index is 657. The molecular weight excluding hydrogens is 306 g/mol. The van der Waals surface area contributed by atoms with E-state index in [1.165, 1.54) is 0 Å². The number of aromatic nitrogens is 1. The topological polar surface area (TPSA) is 80.3 Å². The minimum absolute atomic E-state index is 0.134. The van der Waals surface area contributed by atoms with E-state index in [0.717, 1.165) is 11.1 Å². The molecule has 0 fully saturated rings. The summed E-state index contributed by atoms with van der Waals surface area (Å²) in [7, 11) is 0. The van der Waals surface area contributed by atoms with Crippen LogP contribution in [0, 0.1) is 6.92 Å². The lowest BCUT2D eigenvalue weighted by atomic mass is 10.2. The van der Waals surface area contributed by atoms with Crippen molar-refractivity contribution in [3.05, 3.63) is 59.8 Å². The minimum Gasteiger partial charge on any atom is -0.445 e. The van der Waals surface area contributed by atoms with Crippen LogP contribution >= 0.6 is 0 Å². The smallest absolute Gasteiger partial charge is 0.407 e. The summed E-state index contributed by atoms with van der Waals surface area (Å²) in [5.41, 5.74) is 1.96. The number of nitrogens with zero attached hydrogens (tertiary/aromatic N) is 1. The summed E-state index contributed by atoms with van der Waals surface area (Å²) in [6.07, 6.45) is 2.03. The number of carbonyl (C=O) groups excluding carboxylic acids is 2. The molecule has 0 saturated heterocycles. The van der Waals surface area contributed by atoms with E-state index < -0.39 is 6.09 Å². The summed E-state index contributed by atoms with van der Waals surface area (Å²) >= 11 is 0. The van der Waals surface area contributed by atoms with Crippen LogP contribution in [0.25, 0.3) is 0 Å². The van der Waals surface area contributed by atoms with Gasteiger partial charge in [-0.15, -0.1) is 0 Å². The molecule has 0 aliphatic rings. The van der Waals surface area contributed by atoms with E-state index in [-0.39, 0.29) is 12.5 Å². The van der Waals surface area contributed by atoms with Gasteiger partial charge < -0.3 is 15.4 Å². The quantitative estimate of drug-likeness (QED) is 0.766. The Kier molecular flexibility index (Phi) is 6.76. The van der Waals surface area contributed by atoms with Gasteiger partial charge in [-0.2, -0.15) is 0 Å². The first-order valence-corrected chi connectivity index (χ1v) is 7.80. The number of aryl methyl sites for hydroxylation is 1. The van der Waals surface area contributed by atoms with Crippen LogP contribution in [0.4, 0.5) is 10.6 Å². The van der Waals surface area contributed by atoms with Crippen LogP contribution in [0.15, 0.2) is 48.7 Å². The number of pyridine rings is 1. The highest BCUT2D eigenvalue weighted by Crippen LogP contribution is 2.05. The average Bonchev–Trinajstić information content (AvgIpc) is 2.60. The molecule has 2 aromatic rings. The van der Waals surface area contributed by atoms with Gasteiger partial charge in [0.15, 0.2) is 0 Å². The molecule has 1 aromatic carbocycles. The lowest BCUT2D eigenvalue weighted by Gasteiger charge is -2.07. The van der Waals surface area contributed by atoms with Crippen molar-refractivity contribution < 1.29 is 14.3 Å². The fourth-order valence-electron chi connectivity index (χ4n) is 1.96. The molecule has 0 radical (unpaired) electrons. The van der Waals surface area contributed by atoms with Crippen LogP contribution in [-0.4, -0.2) is 23.5 Å². The third-order valence-electron chi connectivity index (χ3n) is 3.24. The maximum absolute atomic E-state index is 11.8. The van der Waals surface area contributed by atoms with Gasteiger partial charge in [-0.05, 0) is 30.5 Å². The van der Waals surface area contributed by atoms with Crippen LogP contribution in [0.5, 0.6) is 0 Å². The summed E-state index contributed by atoms with van der Waals surface area (Å²) in [4.78, 5) is 27.4. The van der Waals surface area contributed by atoms with Crippen molar-refractivity contribution in [3.8, 4) is 0 Å². The first-order valence-electron chi connectivity index (χ1n) is 7.80. The molecule has 2 N–H and O–H groups in total. The van der Waals surface area contributed by atoms with Crippen molar-refractivity contribution in [2.24, 2.45) is 0 Å². The second-order valence-corrected chi connectivity index (χ2v) is 5.36. The monoisotopic (exact) mass is 327 g/mol. The highest BCUT2D eigenvalue weighted by molar-refractivity contribution is 5.89. The van der Waals surface area contributed by atoms with Crippen molar-refractivity contribution in [1.29, 1.82) is 0 Å². The number of carbonyl (C=O) groups is 2. The molecule has 2 rings (SSSR count). The highest BCUT2D eigenvalue weighted by Gasteiger charge is 2.05. The molecule has 0 spiro atoms. The Morgan fingerprint density at radius 3 is 2.62 bits per heavy atom. The molecule has 0 saturated carbocycles. The SMILES string of the molecule is Cc1ccc(NC(=O)CCCNC(=O)OCc2ccccc2)nc1. The number of anilines is 1. The molecule has 2 amide bonds. The zero-order chi connectivity index (χ0) is 17.2. The largest absolute Gasteiger partial charge is 0.445 e. The zero-order valence-corrected chi connectivity index (χ0v) is 13.6. The molecule has 24 heavy (non-hydrogen) atoms. The Hall–Kier alpha value is -2.89. The number of amides is 2. The van der Waals surface area contributed by atoms with E-state index in [1.807, 2.05) is 43.3 Å². The van der Waals surface area contributed by atoms with E-state index in [9.17, 15) is 9.59 Å². The summed E-state index contributed by atoms with van der Waals surface area (Å²) < 4.78 is 5.08. The highest BCUT2D eigenvalue weighted by atomic mass is 16.5. The lowest BCUT2D eigenvalue weighted by Crippen LogP contribution is -2.26. The van der Waals surface area contributed by atoms with Crippen LogP contribution < -0.4 is 10.6 Å². The number of nitrogens with one attached hydrogen (secondary N) is 2. The van der Waals surface area contributed by atoms with Gasteiger partial charge in [0.05, 0.1) is 0 Å². The van der Waals surface area contributed by atoms with Gasteiger partial charge in [-0.3, -0.25) is 4.79 Å². The van der Waals surface area contributed by atoms with Crippen LogP contribution in [0.1, 0.15) is 24.0 Å². The predicted molar refractivity (Wildman–Crippen MR) is 91.5 cm³/mol. The second kappa shape index (κ2) is 9.29. The molecule has 126 valence electrons. The first kappa shape index (κ1) is 17.5. The maximum atomic E-state index is 11.8. The lowest BCUT2D eigenvalue weighted by molar-refractivity contribution is -0.116. The molecule has 0 aliphatic carbocycles. The number of rotatable bonds is 7. The van der Waals surface area contributed by atoms with E-state index in [4.69, 9.17) is 4.74 Å². The Morgan fingerprint density at radius 1 is 1.12 bits per heavy atom. The average molecular weight is 327 g/mol. The van der Waals surface area contributed by atoms with Crippen LogP contribution in [-0.2, 0) is 16.1 Å². The first-order chi connectivity index (χ1) is 11.6. The second-order valence-electron chi connectivity index (χ2n) is 5.36. The minimum atomic E-state index is -0.487. The van der Waals surface area contributed by atoms with Gasteiger partial charge in [0, 0.05) is 19.2 Å². The third kappa shape index (κ3) is 6.48. The van der Waals surface area contributed by atoms with Crippen molar-refractivity contribution in [2.75, 3.05) is 11.9 Å². The van der Waals surface area contributed by atoms with Crippen molar-refractivity contribution in [2.45, 2.75) is 26.4 Å². The fourth-order valence-corrected chi connectivity index (χ4v) is 1.96. The number of hydrogen-bond donors (Lipinski definition) is 2.